The lowest BCUT2D eigenvalue weighted by atomic mass is 9.95. The Balaban J connectivity index is 1.12. The minimum atomic E-state index is 0.641. The molecule has 0 spiro atoms. The fourth-order valence-corrected chi connectivity index (χ4v) is 7.29. The number of rotatable bonds is 4. The molecule has 0 amide bonds. The quantitative estimate of drug-likeness (QED) is 0.183. The second kappa shape index (κ2) is 11.0. The van der Waals surface area contributed by atoms with E-state index >= 15 is 0 Å². The van der Waals surface area contributed by atoms with Crippen molar-refractivity contribution in [3.8, 4) is 39.9 Å². The highest BCUT2D eigenvalue weighted by Crippen LogP contribution is 2.35. The second-order valence-electron chi connectivity index (χ2n) is 12.5. The summed E-state index contributed by atoms with van der Waals surface area (Å²) in [4.78, 5) is 15.1. The van der Waals surface area contributed by atoms with E-state index in [0.29, 0.717) is 17.5 Å². The van der Waals surface area contributed by atoms with Crippen LogP contribution in [0.25, 0.3) is 94.0 Å². The Bertz CT molecular complexity index is 2820. The van der Waals surface area contributed by atoms with Gasteiger partial charge in [0.1, 0.15) is 0 Å². The van der Waals surface area contributed by atoms with Crippen LogP contribution in [0.1, 0.15) is 0 Å². The van der Waals surface area contributed by atoms with Gasteiger partial charge in [0.2, 0.25) is 0 Å². The molecule has 8 aromatic carbocycles. The van der Waals surface area contributed by atoms with Crippen LogP contribution in [0.3, 0.4) is 0 Å². The van der Waals surface area contributed by atoms with E-state index in [2.05, 4.69) is 144 Å². The Morgan fingerprint density at radius 3 is 1.51 bits per heavy atom. The average molecular weight is 625 g/mol. The van der Waals surface area contributed by atoms with E-state index in [9.17, 15) is 0 Å². The first-order valence-electron chi connectivity index (χ1n) is 16.5. The molecule has 0 saturated heterocycles. The highest BCUT2D eigenvalue weighted by molar-refractivity contribution is 6.20. The molecule has 0 aliphatic heterocycles. The summed E-state index contributed by atoms with van der Waals surface area (Å²) in [5, 5.41) is 9.86. The summed E-state index contributed by atoms with van der Waals surface area (Å²) in [5.74, 6) is 1.94. The molecule has 0 saturated carbocycles. The highest BCUT2D eigenvalue weighted by atomic mass is 15.0. The monoisotopic (exact) mass is 624 g/mol. The minimum Gasteiger partial charge on any atom is -0.309 e. The van der Waals surface area contributed by atoms with Crippen LogP contribution >= 0.6 is 0 Å². The molecule has 2 heterocycles. The summed E-state index contributed by atoms with van der Waals surface area (Å²) in [5.41, 5.74) is 6.30. The van der Waals surface area contributed by atoms with E-state index < -0.39 is 0 Å². The molecule has 0 radical (unpaired) electrons. The topological polar surface area (TPSA) is 43.6 Å². The standard InChI is InChI=1S/C45H28N4/c1-2-11-31(12-3-1)43-46-44(32-22-25-35(26-23-32)49-40-16-8-6-14-38(40)39-15-7-9-17-41(39)49)48-45(47-43)34-24-27-37-33(28-34)21-20-30-19-18-29-10-4-5-13-36(29)42(30)37/h1-28H. The fourth-order valence-electron chi connectivity index (χ4n) is 7.29. The molecule has 4 nitrogen and oxygen atoms in total. The van der Waals surface area contributed by atoms with Crippen LogP contribution in [0.2, 0.25) is 0 Å². The molecular formula is C45H28N4. The number of para-hydroxylation sites is 2. The number of benzene rings is 8. The molecule has 0 N–H and O–H groups in total. The summed E-state index contributed by atoms with van der Waals surface area (Å²) in [7, 11) is 0. The van der Waals surface area contributed by atoms with E-state index in [-0.39, 0.29) is 0 Å². The molecule has 10 rings (SSSR count). The van der Waals surface area contributed by atoms with Crippen molar-refractivity contribution in [2.24, 2.45) is 0 Å². The average Bonchev–Trinajstić information content (AvgIpc) is 3.52. The van der Waals surface area contributed by atoms with Gasteiger partial charge < -0.3 is 4.57 Å². The van der Waals surface area contributed by atoms with Crippen molar-refractivity contribution in [2.45, 2.75) is 0 Å². The van der Waals surface area contributed by atoms with E-state index in [4.69, 9.17) is 15.0 Å². The van der Waals surface area contributed by atoms with Crippen LogP contribution in [0, 0.1) is 0 Å². The molecule has 0 bridgehead atoms. The maximum absolute atomic E-state index is 5.08. The van der Waals surface area contributed by atoms with Crippen molar-refractivity contribution in [3.63, 3.8) is 0 Å². The van der Waals surface area contributed by atoms with Gasteiger partial charge in [0.05, 0.1) is 11.0 Å². The third kappa shape index (κ3) is 4.49. The van der Waals surface area contributed by atoms with Crippen molar-refractivity contribution in [1.82, 2.24) is 19.5 Å². The zero-order chi connectivity index (χ0) is 32.3. The predicted molar refractivity (Wildman–Crippen MR) is 203 cm³/mol. The number of aromatic nitrogens is 4. The zero-order valence-electron chi connectivity index (χ0n) is 26.5. The van der Waals surface area contributed by atoms with Crippen LogP contribution in [0.4, 0.5) is 0 Å². The lowest BCUT2D eigenvalue weighted by Gasteiger charge is -2.12. The van der Waals surface area contributed by atoms with E-state index in [1.807, 2.05) is 30.3 Å². The maximum Gasteiger partial charge on any atom is 0.164 e. The Labute approximate surface area is 282 Å². The molecule has 0 fully saturated rings. The lowest BCUT2D eigenvalue weighted by Crippen LogP contribution is -2.00. The van der Waals surface area contributed by atoms with Gasteiger partial charge >= 0.3 is 0 Å². The Morgan fingerprint density at radius 1 is 0.327 bits per heavy atom. The van der Waals surface area contributed by atoms with Crippen molar-refractivity contribution < 1.29 is 0 Å². The molecule has 0 atom stereocenters. The molecule has 0 aliphatic carbocycles. The van der Waals surface area contributed by atoms with E-state index in [0.717, 1.165) is 27.8 Å². The third-order valence-electron chi connectivity index (χ3n) is 9.61. The summed E-state index contributed by atoms with van der Waals surface area (Å²) >= 11 is 0. The summed E-state index contributed by atoms with van der Waals surface area (Å²) < 4.78 is 2.32. The van der Waals surface area contributed by atoms with Crippen molar-refractivity contribution in [1.29, 1.82) is 0 Å². The molecule has 2 aromatic heterocycles. The van der Waals surface area contributed by atoms with E-state index in [1.165, 1.54) is 48.7 Å². The molecular weight excluding hydrogens is 597 g/mol. The Kier molecular flexibility index (Phi) is 6.15. The van der Waals surface area contributed by atoms with Crippen LogP contribution in [0.5, 0.6) is 0 Å². The minimum absolute atomic E-state index is 0.641. The van der Waals surface area contributed by atoms with Crippen molar-refractivity contribution >= 4 is 54.1 Å². The number of hydrogen-bond donors (Lipinski definition) is 0. The lowest BCUT2D eigenvalue weighted by molar-refractivity contribution is 1.07. The zero-order valence-corrected chi connectivity index (χ0v) is 26.5. The normalized spacial score (nSPS) is 11.7. The van der Waals surface area contributed by atoms with Gasteiger partial charge in [-0.3, -0.25) is 0 Å². The largest absolute Gasteiger partial charge is 0.309 e. The van der Waals surface area contributed by atoms with Crippen LogP contribution in [0.15, 0.2) is 170 Å². The number of fused-ring (bicyclic) bond motifs is 8. The van der Waals surface area contributed by atoms with Crippen LogP contribution < -0.4 is 0 Å². The van der Waals surface area contributed by atoms with Crippen molar-refractivity contribution in [2.75, 3.05) is 0 Å². The molecule has 4 heteroatoms. The Morgan fingerprint density at radius 2 is 0.816 bits per heavy atom. The number of nitrogens with zero attached hydrogens (tertiary/aromatic N) is 4. The van der Waals surface area contributed by atoms with Gasteiger partial charge in [-0.05, 0) is 74.8 Å². The molecule has 0 aliphatic rings. The Hall–Kier alpha value is -6.65. The van der Waals surface area contributed by atoms with Gasteiger partial charge in [-0.15, -0.1) is 0 Å². The molecule has 228 valence electrons. The first-order valence-corrected chi connectivity index (χ1v) is 16.5. The number of hydrogen-bond acceptors (Lipinski definition) is 3. The summed E-state index contributed by atoms with van der Waals surface area (Å²) in [6.45, 7) is 0. The molecule has 49 heavy (non-hydrogen) atoms. The predicted octanol–water partition coefficient (Wildman–Crippen LogP) is 11.4. The second-order valence-corrected chi connectivity index (χ2v) is 12.5. The van der Waals surface area contributed by atoms with Gasteiger partial charge in [0.15, 0.2) is 17.5 Å². The van der Waals surface area contributed by atoms with E-state index in [1.54, 1.807) is 0 Å². The first-order chi connectivity index (χ1) is 24.3. The van der Waals surface area contributed by atoms with Gasteiger partial charge in [-0.2, -0.15) is 0 Å². The smallest absolute Gasteiger partial charge is 0.164 e. The SMILES string of the molecule is c1ccc(-c2nc(-c3ccc(-n4c5ccccc5c5ccccc54)cc3)nc(-c3ccc4c(ccc5ccc6ccccc6c54)c3)n2)cc1. The third-order valence-corrected chi connectivity index (χ3v) is 9.61. The highest BCUT2D eigenvalue weighted by Gasteiger charge is 2.15. The van der Waals surface area contributed by atoms with Crippen LogP contribution in [-0.4, -0.2) is 19.5 Å². The van der Waals surface area contributed by atoms with Gasteiger partial charge in [-0.25, -0.2) is 15.0 Å². The van der Waals surface area contributed by atoms with Gasteiger partial charge in [0, 0.05) is 33.2 Å². The maximum atomic E-state index is 5.08. The summed E-state index contributed by atoms with van der Waals surface area (Å²) in [6, 6.07) is 59.8. The summed E-state index contributed by atoms with van der Waals surface area (Å²) in [6.07, 6.45) is 0. The van der Waals surface area contributed by atoms with Gasteiger partial charge in [0.25, 0.3) is 0 Å². The van der Waals surface area contributed by atoms with Crippen molar-refractivity contribution in [3.05, 3.63) is 170 Å². The fraction of sp³-hybridized carbons (Fsp3) is 0. The van der Waals surface area contributed by atoms with Gasteiger partial charge in [-0.1, -0.05) is 127 Å². The first kappa shape index (κ1) is 27.5. The van der Waals surface area contributed by atoms with Crippen LogP contribution in [-0.2, 0) is 0 Å². The molecule has 10 aromatic rings. The molecule has 0 unspecified atom stereocenters.